The van der Waals surface area contributed by atoms with Gasteiger partial charge in [0.15, 0.2) is 0 Å². The van der Waals surface area contributed by atoms with E-state index < -0.39 is 0 Å². The highest BCUT2D eigenvalue weighted by Gasteiger charge is 2.20. The lowest BCUT2D eigenvalue weighted by molar-refractivity contribution is -0.123. The van der Waals surface area contributed by atoms with Crippen LogP contribution in [-0.4, -0.2) is 41.7 Å². The van der Waals surface area contributed by atoms with Crippen LogP contribution in [0.2, 0.25) is 5.02 Å². The van der Waals surface area contributed by atoms with Crippen LogP contribution in [0.15, 0.2) is 24.3 Å². The van der Waals surface area contributed by atoms with Crippen molar-refractivity contribution in [2.75, 3.05) is 19.6 Å². The van der Waals surface area contributed by atoms with Gasteiger partial charge in [-0.3, -0.25) is 9.69 Å². The van der Waals surface area contributed by atoms with Gasteiger partial charge in [-0.05, 0) is 31.4 Å². The summed E-state index contributed by atoms with van der Waals surface area (Å²) in [7, 11) is 0. The Morgan fingerprint density at radius 3 is 2.75 bits per heavy atom. The number of rotatable bonds is 4. The average Bonchev–Trinajstić information content (AvgIpc) is 2.41. The monoisotopic (exact) mass is 296 g/mol. The Morgan fingerprint density at radius 2 is 2.10 bits per heavy atom. The molecule has 1 aromatic carbocycles. The molecule has 1 heterocycles. The number of carbonyl (C=O) groups is 1. The first kappa shape index (κ1) is 15.3. The summed E-state index contributed by atoms with van der Waals surface area (Å²) in [6.45, 7) is 3.85. The molecule has 4 nitrogen and oxygen atoms in total. The molecule has 1 aromatic rings. The first-order valence-electron chi connectivity index (χ1n) is 7.00. The minimum Gasteiger partial charge on any atom is -0.393 e. The van der Waals surface area contributed by atoms with E-state index in [1.807, 2.05) is 31.2 Å². The summed E-state index contributed by atoms with van der Waals surface area (Å²) in [5, 5.41) is 13.1. The SMILES string of the molecule is CC(NC(=O)CN1CCC(O)CC1)c1ccccc1Cl. The van der Waals surface area contributed by atoms with Crippen molar-refractivity contribution in [2.45, 2.75) is 31.9 Å². The van der Waals surface area contributed by atoms with Crippen molar-refractivity contribution in [1.82, 2.24) is 10.2 Å². The Balaban J connectivity index is 1.84. The molecule has 0 aliphatic carbocycles. The normalized spacial score (nSPS) is 18.8. The molecule has 1 amide bonds. The fraction of sp³-hybridized carbons (Fsp3) is 0.533. The molecule has 2 N–H and O–H groups in total. The molecule has 110 valence electrons. The molecule has 0 spiro atoms. The van der Waals surface area contributed by atoms with Crippen molar-refractivity contribution >= 4 is 17.5 Å². The average molecular weight is 297 g/mol. The second-order valence-corrected chi connectivity index (χ2v) is 5.73. The first-order chi connectivity index (χ1) is 9.56. The number of hydrogen-bond acceptors (Lipinski definition) is 3. The number of carbonyl (C=O) groups excluding carboxylic acids is 1. The van der Waals surface area contributed by atoms with E-state index in [0.717, 1.165) is 31.5 Å². The molecule has 1 fully saturated rings. The largest absolute Gasteiger partial charge is 0.393 e. The first-order valence-corrected chi connectivity index (χ1v) is 7.38. The number of hydrogen-bond donors (Lipinski definition) is 2. The number of likely N-dealkylation sites (tertiary alicyclic amines) is 1. The Morgan fingerprint density at radius 1 is 1.45 bits per heavy atom. The molecule has 0 aromatic heterocycles. The van der Waals surface area contributed by atoms with E-state index in [-0.39, 0.29) is 18.1 Å². The van der Waals surface area contributed by atoms with Crippen LogP contribution < -0.4 is 5.32 Å². The lowest BCUT2D eigenvalue weighted by Crippen LogP contribution is -2.43. The van der Waals surface area contributed by atoms with E-state index in [1.165, 1.54) is 0 Å². The fourth-order valence-corrected chi connectivity index (χ4v) is 2.77. The molecular formula is C15H21ClN2O2. The highest BCUT2D eigenvalue weighted by atomic mass is 35.5. The molecule has 5 heteroatoms. The zero-order valence-electron chi connectivity index (χ0n) is 11.7. The maximum absolute atomic E-state index is 12.0. The van der Waals surface area contributed by atoms with E-state index in [9.17, 15) is 9.90 Å². The number of piperidine rings is 1. The van der Waals surface area contributed by atoms with Crippen molar-refractivity contribution in [1.29, 1.82) is 0 Å². The lowest BCUT2D eigenvalue weighted by Gasteiger charge is -2.29. The van der Waals surface area contributed by atoms with Gasteiger partial charge in [-0.2, -0.15) is 0 Å². The van der Waals surface area contributed by atoms with Gasteiger partial charge in [-0.25, -0.2) is 0 Å². The Bertz CT molecular complexity index is 459. The highest BCUT2D eigenvalue weighted by molar-refractivity contribution is 6.31. The van der Waals surface area contributed by atoms with E-state index in [4.69, 9.17) is 11.6 Å². The topological polar surface area (TPSA) is 52.6 Å². The van der Waals surface area contributed by atoms with Crippen molar-refractivity contribution in [3.63, 3.8) is 0 Å². The van der Waals surface area contributed by atoms with Crippen molar-refractivity contribution in [2.24, 2.45) is 0 Å². The molecule has 0 radical (unpaired) electrons. The van der Waals surface area contributed by atoms with Crippen molar-refractivity contribution in [3.05, 3.63) is 34.9 Å². The Kier molecular flexibility index (Phi) is 5.40. The summed E-state index contributed by atoms with van der Waals surface area (Å²) in [5.74, 6) is -0.00573. The summed E-state index contributed by atoms with van der Waals surface area (Å²) in [6, 6.07) is 7.43. The van der Waals surface area contributed by atoms with Crippen LogP contribution in [0.1, 0.15) is 31.4 Å². The van der Waals surface area contributed by atoms with Crippen LogP contribution in [-0.2, 0) is 4.79 Å². The van der Waals surface area contributed by atoms with Crippen LogP contribution >= 0.6 is 11.6 Å². The quantitative estimate of drug-likeness (QED) is 0.893. The van der Waals surface area contributed by atoms with Crippen LogP contribution in [0.3, 0.4) is 0 Å². The molecule has 20 heavy (non-hydrogen) atoms. The zero-order valence-corrected chi connectivity index (χ0v) is 12.4. The maximum atomic E-state index is 12.0. The van der Waals surface area contributed by atoms with Crippen molar-refractivity contribution in [3.8, 4) is 0 Å². The van der Waals surface area contributed by atoms with E-state index in [2.05, 4.69) is 10.2 Å². The van der Waals surface area contributed by atoms with Crippen molar-refractivity contribution < 1.29 is 9.90 Å². The van der Waals surface area contributed by atoms with E-state index in [1.54, 1.807) is 0 Å². The summed E-state index contributed by atoms with van der Waals surface area (Å²) in [6.07, 6.45) is 1.28. The minimum atomic E-state index is -0.212. The Labute approximate surface area is 124 Å². The number of halogens is 1. The zero-order chi connectivity index (χ0) is 14.5. The summed E-state index contributed by atoms with van der Waals surface area (Å²) >= 11 is 6.12. The molecule has 0 saturated carbocycles. The third kappa shape index (κ3) is 4.20. The number of aliphatic hydroxyl groups is 1. The molecule has 1 saturated heterocycles. The van der Waals surface area contributed by atoms with Gasteiger partial charge in [0.25, 0.3) is 0 Å². The van der Waals surface area contributed by atoms with E-state index in [0.29, 0.717) is 11.6 Å². The number of aliphatic hydroxyl groups excluding tert-OH is 1. The third-order valence-corrected chi connectivity index (χ3v) is 4.02. The van der Waals surface area contributed by atoms with E-state index >= 15 is 0 Å². The second-order valence-electron chi connectivity index (χ2n) is 5.32. The van der Waals surface area contributed by atoms with Gasteiger partial charge in [0.2, 0.25) is 5.91 Å². The van der Waals surface area contributed by atoms with Gasteiger partial charge in [0.1, 0.15) is 0 Å². The van der Waals surface area contributed by atoms with Gasteiger partial charge in [-0.1, -0.05) is 29.8 Å². The standard InChI is InChI=1S/C15H21ClN2O2/c1-11(13-4-2-3-5-14(13)16)17-15(20)10-18-8-6-12(19)7-9-18/h2-5,11-12,19H,6-10H2,1H3,(H,17,20). The third-order valence-electron chi connectivity index (χ3n) is 3.67. The molecule has 1 aliphatic rings. The predicted molar refractivity (Wildman–Crippen MR) is 79.7 cm³/mol. The number of benzene rings is 1. The summed E-state index contributed by atoms with van der Waals surface area (Å²) in [4.78, 5) is 14.1. The van der Waals surface area contributed by atoms with Gasteiger partial charge in [-0.15, -0.1) is 0 Å². The molecule has 2 rings (SSSR count). The van der Waals surface area contributed by atoms with Gasteiger partial charge >= 0.3 is 0 Å². The molecule has 1 aliphatic heterocycles. The summed E-state index contributed by atoms with van der Waals surface area (Å²) < 4.78 is 0. The van der Waals surface area contributed by atoms with Crippen LogP contribution in [0.5, 0.6) is 0 Å². The molecular weight excluding hydrogens is 276 g/mol. The minimum absolute atomic E-state index is 0.00573. The maximum Gasteiger partial charge on any atom is 0.234 e. The van der Waals surface area contributed by atoms with Crippen LogP contribution in [0.25, 0.3) is 0 Å². The number of nitrogens with one attached hydrogen (secondary N) is 1. The highest BCUT2D eigenvalue weighted by Crippen LogP contribution is 2.22. The molecule has 1 unspecified atom stereocenters. The fourth-order valence-electron chi connectivity index (χ4n) is 2.47. The molecule has 1 atom stereocenters. The van der Waals surface area contributed by atoms with Crippen LogP contribution in [0, 0.1) is 0 Å². The van der Waals surface area contributed by atoms with Gasteiger partial charge < -0.3 is 10.4 Å². The molecule has 0 bridgehead atoms. The van der Waals surface area contributed by atoms with Gasteiger partial charge in [0, 0.05) is 18.1 Å². The van der Waals surface area contributed by atoms with Gasteiger partial charge in [0.05, 0.1) is 18.7 Å². The lowest BCUT2D eigenvalue weighted by atomic mass is 10.1. The van der Waals surface area contributed by atoms with Crippen LogP contribution in [0.4, 0.5) is 0 Å². The predicted octanol–water partition coefficient (Wildman–Crippen LogP) is 1.97. The smallest absolute Gasteiger partial charge is 0.234 e. The second kappa shape index (κ2) is 7.07. The Hall–Kier alpha value is -1.10. The number of amides is 1. The number of nitrogens with zero attached hydrogens (tertiary/aromatic N) is 1. The summed E-state index contributed by atoms with van der Waals surface area (Å²) in [5.41, 5.74) is 0.927.